The van der Waals surface area contributed by atoms with Crippen LogP contribution in [0, 0.1) is 11.3 Å². The molecule has 2 rings (SSSR count). The van der Waals surface area contributed by atoms with Crippen LogP contribution >= 0.6 is 0 Å². The molecule has 0 aliphatic carbocycles. The Morgan fingerprint density at radius 1 is 1.21 bits per heavy atom. The van der Waals surface area contributed by atoms with E-state index in [-0.39, 0.29) is 5.91 Å². The fraction of sp³-hybridized carbons (Fsp3) is 0.133. The number of hydrogen-bond donors (Lipinski definition) is 0. The molecule has 0 fully saturated rings. The van der Waals surface area contributed by atoms with Crippen LogP contribution in [0.5, 0.6) is 0 Å². The van der Waals surface area contributed by atoms with Crippen molar-refractivity contribution in [1.82, 2.24) is 9.88 Å². The summed E-state index contributed by atoms with van der Waals surface area (Å²) in [4.78, 5) is 17.5. The largest absolute Gasteiger partial charge is 0.345 e. The van der Waals surface area contributed by atoms with Gasteiger partial charge in [-0.25, -0.2) is 0 Å². The molecule has 2 aromatic rings. The molecule has 1 amide bonds. The van der Waals surface area contributed by atoms with Crippen LogP contribution in [-0.2, 0) is 0 Å². The van der Waals surface area contributed by atoms with Crippen LogP contribution in [-0.4, -0.2) is 29.9 Å². The minimum atomic E-state index is -0.0902. The number of nitriles is 1. The molecule has 0 saturated carbocycles. The van der Waals surface area contributed by atoms with Crippen LogP contribution in [0.2, 0.25) is 0 Å². The second kappa shape index (κ2) is 5.32. The molecule has 0 unspecified atom stereocenters. The van der Waals surface area contributed by atoms with E-state index in [2.05, 4.69) is 11.1 Å². The van der Waals surface area contributed by atoms with Crippen LogP contribution in [0.25, 0.3) is 11.3 Å². The molecule has 0 aliphatic heterocycles. The highest BCUT2D eigenvalue weighted by Gasteiger charge is 2.10. The van der Waals surface area contributed by atoms with Crippen LogP contribution in [0.1, 0.15) is 15.9 Å². The molecule has 0 radical (unpaired) electrons. The van der Waals surface area contributed by atoms with Gasteiger partial charge < -0.3 is 4.90 Å². The lowest BCUT2D eigenvalue weighted by Crippen LogP contribution is -2.21. The Kier molecular flexibility index (Phi) is 3.58. The van der Waals surface area contributed by atoms with Crippen molar-refractivity contribution < 1.29 is 4.79 Å². The molecule has 1 aromatic heterocycles. The molecule has 94 valence electrons. The number of benzene rings is 1. The first-order chi connectivity index (χ1) is 9.13. The predicted molar refractivity (Wildman–Crippen MR) is 72.4 cm³/mol. The average molecular weight is 251 g/mol. The normalized spacial score (nSPS) is 9.74. The number of carbonyl (C=O) groups excluding carboxylic acids is 1. The minimum absolute atomic E-state index is 0.0902. The number of rotatable bonds is 2. The molecule has 4 heteroatoms. The zero-order chi connectivity index (χ0) is 13.8. The lowest BCUT2D eigenvalue weighted by atomic mass is 10.0. The lowest BCUT2D eigenvalue weighted by molar-refractivity contribution is 0.0827. The first-order valence-corrected chi connectivity index (χ1v) is 5.80. The third-order valence-corrected chi connectivity index (χ3v) is 2.74. The Morgan fingerprint density at radius 3 is 2.53 bits per heavy atom. The van der Waals surface area contributed by atoms with E-state index in [9.17, 15) is 4.79 Å². The maximum Gasteiger partial charge on any atom is 0.254 e. The van der Waals surface area contributed by atoms with Crippen molar-refractivity contribution in [3.63, 3.8) is 0 Å². The van der Waals surface area contributed by atoms with Crippen molar-refractivity contribution in [3.8, 4) is 17.3 Å². The number of pyridine rings is 1. The summed E-state index contributed by atoms with van der Waals surface area (Å²) in [5, 5.41) is 9.06. The maximum absolute atomic E-state index is 11.7. The monoisotopic (exact) mass is 251 g/mol. The summed E-state index contributed by atoms with van der Waals surface area (Å²) in [7, 11) is 3.39. The van der Waals surface area contributed by atoms with E-state index in [1.807, 2.05) is 18.2 Å². The summed E-state index contributed by atoms with van der Waals surface area (Å²) >= 11 is 0. The van der Waals surface area contributed by atoms with Gasteiger partial charge in [0.05, 0.1) is 22.9 Å². The van der Waals surface area contributed by atoms with Gasteiger partial charge in [0.15, 0.2) is 0 Å². The smallest absolute Gasteiger partial charge is 0.254 e. The van der Waals surface area contributed by atoms with E-state index in [4.69, 9.17) is 5.26 Å². The summed E-state index contributed by atoms with van der Waals surface area (Å²) in [6.45, 7) is 0. The van der Waals surface area contributed by atoms with Gasteiger partial charge in [0.1, 0.15) is 0 Å². The highest BCUT2D eigenvalue weighted by molar-refractivity contribution is 5.93. The highest BCUT2D eigenvalue weighted by Crippen LogP contribution is 2.21. The Morgan fingerprint density at radius 2 is 1.95 bits per heavy atom. The first-order valence-electron chi connectivity index (χ1n) is 5.80. The molecule has 0 N–H and O–H groups in total. The third kappa shape index (κ3) is 2.61. The summed E-state index contributed by atoms with van der Waals surface area (Å²) in [6, 6.07) is 12.9. The predicted octanol–water partition coefficient (Wildman–Crippen LogP) is 2.32. The molecule has 0 atom stereocenters. The van der Waals surface area contributed by atoms with Crippen molar-refractivity contribution in [2.45, 2.75) is 0 Å². The van der Waals surface area contributed by atoms with Gasteiger partial charge in [-0.05, 0) is 18.2 Å². The second-order valence-electron chi connectivity index (χ2n) is 4.29. The Labute approximate surface area is 111 Å². The number of nitrogens with zero attached hydrogens (tertiary/aromatic N) is 3. The van der Waals surface area contributed by atoms with Crippen molar-refractivity contribution in [3.05, 3.63) is 53.7 Å². The zero-order valence-electron chi connectivity index (χ0n) is 10.8. The molecule has 0 spiro atoms. The van der Waals surface area contributed by atoms with E-state index in [0.717, 1.165) is 5.56 Å². The van der Waals surface area contributed by atoms with E-state index in [1.165, 1.54) is 11.1 Å². The van der Waals surface area contributed by atoms with Gasteiger partial charge >= 0.3 is 0 Å². The fourth-order valence-corrected chi connectivity index (χ4v) is 1.74. The Hall–Kier alpha value is -2.67. The molecule has 0 aliphatic rings. The van der Waals surface area contributed by atoms with E-state index < -0.39 is 0 Å². The third-order valence-electron chi connectivity index (χ3n) is 2.74. The molecule has 4 nitrogen and oxygen atoms in total. The van der Waals surface area contributed by atoms with Gasteiger partial charge in [-0.3, -0.25) is 9.78 Å². The minimum Gasteiger partial charge on any atom is -0.345 e. The van der Waals surface area contributed by atoms with Crippen molar-refractivity contribution in [1.29, 1.82) is 5.26 Å². The number of amides is 1. The van der Waals surface area contributed by atoms with Crippen LogP contribution < -0.4 is 0 Å². The molecule has 0 bridgehead atoms. The average Bonchev–Trinajstić information content (AvgIpc) is 2.46. The number of aromatic nitrogens is 1. The summed E-state index contributed by atoms with van der Waals surface area (Å²) in [6.07, 6.45) is 1.53. The van der Waals surface area contributed by atoms with Gasteiger partial charge in [-0.15, -0.1) is 0 Å². The zero-order valence-corrected chi connectivity index (χ0v) is 10.8. The quantitative estimate of drug-likeness (QED) is 0.823. The van der Waals surface area contributed by atoms with Crippen LogP contribution in [0.15, 0.2) is 42.6 Å². The Balaban J connectivity index is 2.39. The fourth-order valence-electron chi connectivity index (χ4n) is 1.74. The SMILES string of the molecule is CN(C)C(=O)c1ccc(-c2ccccc2C#N)nc1. The number of carbonyl (C=O) groups is 1. The molecule has 1 heterocycles. The summed E-state index contributed by atoms with van der Waals surface area (Å²) in [5.74, 6) is -0.0902. The van der Waals surface area contributed by atoms with Gasteiger partial charge in [0, 0.05) is 25.9 Å². The van der Waals surface area contributed by atoms with Crippen molar-refractivity contribution in [2.24, 2.45) is 0 Å². The van der Waals surface area contributed by atoms with Gasteiger partial charge in [0.2, 0.25) is 0 Å². The van der Waals surface area contributed by atoms with Gasteiger partial charge in [-0.1, -0.05) is 18.2 Å². The van der Waals surface area contributed by atoms with Crippen molar-refractivity contribution in [2.75, 3.05) is 14.1 Å². The van der Waals surface area contributed by atoms with Crippen molar-refractivity contribution >= 4 is 5.91 Å². The maximum atomic E-state index is 11.7. The standard InChI is InChI=1S/C15H13N3O/c1-18(2)15(19)12-7-8-14(17-10-12)13-6-4-3-5-11(13)9-16/h3-8,10H,1-2H3. The van der Waals surface area contributed by atoms with Gasteiger partial charge in [0.25, 0.3) is 5.91 Å². The second-order valence-corrected chi connectivity index (χ2v) is 4.29. The molecular formula is C15H13N3O. The summed E-state index contributed by atoms with van der Waals surface area (Å²) < 4.78 is 0. The number of hydrogen-bond acceptors (Lipinski definition) is 3. The Bertz CT molecular complexity index is 639. The van der Waals surface area contributed by atoms with E-state index in [1.54, 1.807) is 32.3 Å². The van der Waals surface area contributed by atoms with E-state index >= 15 is 0 Å². The van der Waals surface area contributed by atoms with E-state index in [0.29, 0.717) is 16.8 Å². The van der Waals surface area contributed by atoms with Crippen LogP contribution in [0.4, 0.5) is 0 Å². The van der Waals surface area contributed by atoms with Crippen LogP contribution in [0.3, 0.4) is 0 Å². The molecular weight excluding hydrogens is 238 g/mol. The molecule has 0 saturated heterocycles. The van der Waals surface area contributed by atoms with Gasteiger partial charge in [-0.2, -0.15) is 5.26 Å². The molecule has 19 heavy (non-hydrogen) atoms. The first kappa shape index (κ1) is 12.8. The lowest BCUT2D eigenvalue weighted by Gasteiger charge is -2.10. The summed E-state index contributed by atoms with van der Waals surface area (Å²) in [5.41, 5.74) is 2.56. The molecule has 1 aromatic carbocycles. The topological polar surface area (TPSA) is 57.0 Å². The highest BCUT2D eigenvalue weighted by atomic mass is 16.2.